The van der Waals surface area contributed by atoms with Crippen LogP contribution in [0.1, 0.15) is 12.0 Å². The lowest BCUT2D eigenvalue weighted by molar-refractivity contribution is -0.116. The molecule has 2 rings (SSSR count). The van der Waals surface area contributed by atoms with E-state index in [2.05, 4.69) is 10.6 Å². The van der Waals surface area contributed by atoms with Crippen LogP contribution in [-0.4, -0.2) is 12.5 Å². The van der Waals surface area contributed by atoms with Crippen molar-refractivity contribution in [1.29, 1.82) is 0 Å². The van der Waals surface area contributed by atoms with Gasteiger partial charge in [-0.05, 0) is 35.9 Å². The molecule has 0 saturated heterocycles. The molecule has 0 atom stereocenters. The Morgan fingerprint density at radius 1 is 1.09 bits per heavy atom. The monoisotopic (exact) mass is 340 g/mol. The van der Waals surface area contributed by atoms with E-state index in [0.717, 1.165) is 5.56 Å². The first-order valence-electron chi connectivity index (χ1n) is 6.74. The first-order valence-corrected chi connectivity index (χ1v) is 7.50. The second kappa shape index (κ2) is 8.13. The second-order valence-electron chi connectivity index (χ2n) is 4.73. The smallest absolute Gasteiger partial charge is 0.225 e. The first kappa shape index (κ1) is 16.7. The van der Waals surface area contributed by atoms with Gasteiger partial charge in [0.05, 0.1) is 5.02 Å². The van der Waals surface area contributed by atoms with Crippen LogP contribution in [0, 0.1) is 5.82 Å². The average molecular weight is 341 g/mol. The summed E-state index contributed by atoms with van der Waals surface area (Å²) in [5.41, 5.74) is 1.57. The lowest BCUT2D eigenvalue weighted by atomic mass is 10.2. The molecule has 0 unspecified atom stereocenters. The minimum atomic E-state index is -0.510. The Hall–Kier alpha value is -1.62. The van der Waals surface area contributed by atoms with Crippen LogP contribution in [0.15, 0.2) is 42.5 Å². The van der Waals surface area contributed by atoms with Crippen molar-refractivity contribution in [2.24, 2.45) is 0 Å². The summed E-state index contributed by atoms with van der Waals surface area (Å²) >= 11 is 11.5. The molecule has 1 amide bonds. The molecule has 2 aromatic carbocycles. The summed E-state index contributed by atoms with van der Waals surface area (Å²) in [7, 11) is 0. The van der Waals surface area contributed by atoms with E-state index in [0.29, 0.717) is 30.2 Å². The quantitative estimate of drug-likeness (QED) is 0.771. The Morgan fingerprint density at radius 3 is 2.50 bits per heavy atom. The Bertz CT molecular complexity index is 647. The molecule has 0 fully saturated rings. The van der Waals surface area contributed by atoms with Gasteiger partial charge in [-0.1, -0.05) is 35.3 Å². The Balaban J connectivity index is 1.71. The van der Waals surface area contributed by atoms with E-state index in [-0.39, 0.29) is 10.9 Å². The minimum absolute atomic E-state index is 0.0151. The van der Waals surface area contributed by atoms with Crippen LogP contribution in [0.2, 0.25) is 10.0 Å². The van der Waals surface area contributed by atoms with Crippen molar-refractivity contribution in [1.82, 2.24) is 5.32 Å². The molecule has 0 saturated carbocycles. The zero-order valence-electron chi connectivity index (χ0n) is 11.7. The number of halogens is 3. The van der Waals surface area contributed by atoms with E-state index in [1.807, 2.05) is 24.3 Å². The maximum absolute atomic E-state index is 13.0. The van der Waals surface area contributed by atoms with Crippen LogP contribution in [0.5, 0.6) is 0 Å². The average Bonchev–Trinajstić information content (AvgIpc) is 2.49. The summed E-state index contributed by atoms with van der Waals surface area (Å²) in [5.74, 6) is -0.671. The lowest BCUT2D eigenvalue weighted by Crippen LogP contribution is -2.21. The molecule has 116 valence electrons. The van der Waals surface area contributed by atoms with Crippen molar-refractivity contribution in [2.75, 3.05) is 11.9 Å². The molecule has 0 aliphatic heterocycles. The van der Waals surface area contributed by atoms with Crippen LogP contribution in [0.3, 0.4) is 0 Å². The predicted octanol–water partition coefficient (Wildman–Crippen LogP) is 4.25. The molecule has 0 aliphatic rings. The van der Waals surface area contributed by atoms with Gasteiger partial charge in [0.2, 0.25) is 5.91 Å². The normalized spacial score (nSPS) is 10.5. The molecule has 2 N–H and O–H groups in total. The van der Waals surface area contributed by atoms with E-state index in [9.17, 15) is 9.18 Å². The number of nitrogens with one attached hydrogen (secondary N) is 2. The SMILES string of the molecule is O=C(CCNCc1ccc(Cl)cc1)Nc1ccc(F)c(Cl)c1. The van der Waals surface area contributed by atoms with Crippen LogP contribution in [0.25, 0.3) is 0 Å². The van der Waals surface area contributed by atoms with Crippen LogP contribution < -0.4 is 10.6 Å². The third kappa shape index (κ3) is 5.30. The lowest BCUT2D eigenvalue weighted by Gasteiger charge is -2.07. The maximum atomic E-state index is 13.0. The first-order chi connectivity index (χ1) is 10.5. The third-order valence-electron chi connectivity index (χ3n) is 2.97. The van der Waals surface area contributed by atoms with Gasteiger partial charge in [0, 0.05) is 30.2 Å². The predicted molar refractivity (Wildman–Crippen MR) is 87.8 cm³/mol. The van der Waals surface area contributed by atoms with E-state index in [4.69, 9.17) is 23.2 Å². The summed E-state index contributed by atoms with van der Waals surface area (Å²) in [6.45, 7) is 1.19. The van der Waals surface area contributed by atoms with E-state index in [1.165, 1.54) is 18.2 Å². The highest BCUT2D eigenvalue weighted by Crippen LogP contribution is 2.19. The molecule has 0 aliphatic carbocycles. The van der Waals surface area contributed by atoms with Gasteiger partial charge < -0.3 is 10.6 Å². The van der Waals surface area contributed by atoms with E-state index < -0.39 is 5.82 Å². The number of hydrogen-bond donors (Lipinski definition) is 2. The number of benzene rings is 2. The van der Waals surface area contributed by atoms with Crippen LogP contribution in [0.4, 0.5) is 10.1 Å². The number of carbonyl (C=O) groups excluding carboxylic acids is 1. The molecular formula is C16H15Cl2FN2O. The maximum Gasteiger partial charge on any atom is 0.225 e. The molecule has 2 aromatic rings. The van der Waals surface area contributed by atoms with Gasteiger partial charge in [-0.3, -0.25) is 4.79 Å². The Morgan fingerprint density at radius 2 is 1.82 bits per heavy atom. The molecule has 0 radical (unpaired) electrons. The highest BCUT2D eigenvalue weighted by atomic mass is 35.5. The molecule has 0 bridgehead atoms. The number of amides is 1. The van der Waals surface area contributed by atoms with Gasteiger partial charge in [0.1, 0.15) is 5.82 Å². The van der Waals surface area contributed by atoms with Gasteiger partial charge in [-0.25, -0.2) is 4.39 Å². The van der Waals surface area contributed by atoms with Crippen molar-refractivity contribution < 1.29 is 9.18 Å². The molecule has 0 heterocycles. The highest BCUT2D eigenvalue weighted by molar-refractivity contribution is 6.31. The van der Waals surface area contributed by atoms with Crippen molar-refractivity contribution in [2.45, 2.75) is 13.0 Å². The minimum Gasteiger partial charge on any atom is -0.326 e. The van der Waals surface area contributed by atoms with Gasteiger partial charge in [-0.2, -0.15) is 0 Å². The molecule has 22 heavy (non-hydrogen) atoms. The number of rotatable bonds is 6. The number of hydrogen-bond acceptors (Lipinski definition) is 2. The largest absolute Gasteiger partial charge is 0.326 e. The fourth-order valence-corrected chi connectivity index (χ4v) is 2.14. The molecule has 0 spiro atoms. The summed E-state index contributed by atoms with van der Waals surface area (Å²) in [6.07, 6.45) is 0.308. The summed E-state index contributed by atoms with van der Waals surface area (Å²) in [6, 6.07) is 11.6. The molecule has 6 heteroatoms. The van der Waals surface area contributed by atoms with Crippen LogP contribution in [-0.2, 0) is 11.3 Å². The van der Waals surface area contributed by atoms with Gasteiger partial charge in [0.15, 0.2) is 0 Å². The van der Waals surface area contributed by atoms with Crippen molar-refractivity contribution in [3.8, 4) is 0 Å². The van der Waals surface area contributed by atoms with Gasteiger partial charge >= 0.3 is 0 Å². The molecule has 3 nitrogen and oxygen atoms in total. The Labute approximate surface area is 138 Å². The highest BCUT2D eigenvalue weighted by Gasteiger charge is 2.05. The molecule has 0 aromatic heterocycles. The number of anilines is 1. The molecular weight excluding hydrogens is 326 g/mol. The second-order valence-corrected chi connectivity index (χ2v) is 5.57. The van der Waals surface area contributed by atoms with Crippen LogP contribution >= 0.6 is 23.2 Å². The summed E-state index contributed by atoms with van der Waals surface area (Å²) in [4.78, 5) is 11.8. The van der Waals surface area contributed by atoms with Crippen molar-refractivity contribution in [3.63, 3.8) is 0 Å². The Kier molecular flexibility index (Phi) is 6.19. The van der Waals surface area contributed by atoms with Crippen molar-refractivity contribution >= 4 is 34.8 Å². The standard InChI is InChI=1S/C16H15Cl2FN2O/c17-12-3-1-11(2-4-12)10-20-8-7-16(22)21-13-5-6-15(19)14(18)9-13/h1-6,9,20H,7-8,10H2,(H,21,22). The fourth-order valence-electron chi connectivity index (χ4n) is 1.83. The topological polar surface area (TPSA) is 41.1 Å². The third-order valence-corrected chi connectivity index (χ3v) is 3.52. The zero-order valence-corrected chi connectivity index (χ0v) is 13.2. The van der Waals surface area contributed by atoms with E-state index >= 15 is 0 Å². The van der Waals surface area contributed by atoms with E-state index in [1.54, 1.807) is 0 Å². The summed E-state index contributed by atoms with van der Waals surface area (Å²) < 4.78 is 13.0. The fraction of sp³-hybridized carbons (Fsp3) is 0.188. The van der Waals surface area contributed by atoms with Gasteiger partial charge in [0.25, 0.3) is 0 Å². The van der Waals surface area contributed by atoms with Crippen molar-refractivity contribution in [3.05, 3.63) is 63.9 Å². The zero-order chi connectivity index (χ0) is 15.9. The van der Waals surface area contributed by atoms with Gasteiger partial charge in [-0.15, -0.1) is 0 Å². The summed E-state index contributed by atoms with van der Waals surface area (Å²) in [5, 5.41) is 6.52. The number of carbonyl (C=O) groups is 1.